The lowest BCUT2D eigenvalue weighted by Gasteiger charge is -2.14. The molecule has 0 saturated carbocycles. The van der Waals surface area contributed by atoms with Crippen LogP contribution in [0.25, 0.3) is 16.9 Å². The van der Waals surface area contributed by atoms with E-state index in [0.29, 0.717) is 34.9 Å². The predicted molar refractivity (Wildman–Crippen MR) is 139 cm³/mol. The van der Waals surface area contributed by atoms with Gasteiger partial charge in [-0.3, -0.25) is 9.36 Å². The van der Waals surface area contributed by atoms with E-state index in [1.807, 2.05) is 49.4 Å². The monoisotopic (exact) mass is 482 g/mol. The molecule has 36 heavy (non-hydrogen) atoms. The van der Waals surface area contributed by atoms with Gasteiger partial charge in [-0.25, -0.2) is 18.7 Å². The average molecular weight is 483 g/mol. The van der Waals surface area contributed by atoms with Gasteiger partial charge in [-0.05, 0) is 53.8 Å². The van der Waals surface area contributed by atoms with E-state index in [0.717, 1.165) is 16.7 Å². The van der Waals surface area contributed by atoms with E-state index >= 15 is 0 Å². The highest BCUT2D eigenvalue weighted by Crippen LogP contribution is 2.19. The number of halogens is 1. The highest BCUT2D eigenvalue weighted by molar-refractivity contribution is 5.72. The van der Waals surface area contributed by atoms with E-state index in [2.05, 4.69) is 24.9 Å². The highest BCUT2D eigenvalue weighted by atomic mass is 19.1. The molecule has 0 aliphatic rings. The molecule has 0 saturated heterocycles. The summed E-state index contributed by atoms with van der Waals surface area (Å²) < 4.78 is 17.9. The van der Waals surface area contributed by atoms with Gasteiger partial charge in [0.2, 0.25) is 0 Å². The summed E-state index contributed by atoms with van der Waals surface area (Å²) in [7, 11) is 0. The van der Waals surface area contributed by atoms with Gasteiger partial charge in [-0.15, -0.1) is 0 Å². The molecule has 0 unspecified atom stereocenters. The first-order valence-electron chi connectivity index (χ1n) is 11.9. The van der Waals surface area contributed by atoms with E-state index < -0.39 is 11.2 Å². The minimum absolute atomic E-state index is 0.0214. The predicted octanol–water partition coefficient (Wildman–Crippen LogP) is 5.02. The Morgan fingerprint density at radius 2 is 1.61 bits per heavy atom. The van der Waals surface area contributed by atoms with Crippen molar-refractivity contribution in [1.29, 1.82) is 0 Å². The zero-order chi connectivity index (χ0) is 25.4. The number of aromatic nitrogens is 4. The summed E-state index contributed by atoms with van der Waals surface area (Å²) in [6.45, 7) is 6.69. The molecule has 0 amide bonds. The molecule has 0 bridgehead atoms. The Kier molecular flexibility index (Phi) is 6.14. The molecule has 0 atom stereocenters. The molecule has 0 fully saturated rings. The van der Waals surface area contributed by atoms with Crippen molar-refractivity contribution in [1.82, 2.24) is 18.7 Å². The Bertz CT molecular complexity index is 1660. The van der Waals surface area contributed by atoms with Crippen molar-refractivity contribution >= 4 is 11.2 Å². The van der Waals surface area contributed by atoms with Gasteiger partial charge in [0.1, 0.15) is 5.82 Å². The second-order valence-corrected chi connectivity index (χ2v) is 9.42. The third-order valence-corrected chi connectivity index (χ3v) is 6.41. The summed E-state index contributed by atoms with van der Waals surface area (Å²) in [6.07, 6.45) is 1.61. The van der Waals surface area contributed by atoms with Crippen LogP contribution in [0, 0.1) is 12.7 Å². The summed E-state index contributed by atoms with van der Waals surface area (Å²) in [6, 6.07) is 21.6. The van der Waals surface area contributed by atoms with Crippen molar-refractivity contribution in [3.63, 3.8) is 0 Å². The maximum Gasteiger partial charge on any atom is 0.337 e. The third-order valence-electron chi connectivity index (χ3n) is 6.41. The van der Waals surface area contributed by atoms with Gasteiger partial charge in [0.05, 0.1) is 18.6 Å². The van der Waals surface area contributed by atoms with Crippen LogP contribution >= 0.6 is 0 Å². The first-order chi connectivity index (χ1) is 17.3. The maximum absolute atomic E-state index is 13.7. The smallest absolute Gasteiger partial charge is 0.320 e. The fourth-order valence-corrected chi connectivity index (χ4v) is 4.46. The van der Waals surface area contributed by atoms with Crippen molar-refractivity contribution < 1.29 is 4.39 Å². The Labute approximate surface area is 207 Å². The van der Waals surface area contributed by atoms with Crippen LogP contribution in [0.5, 0.6) is 0 Å². The largest absolute Gasteiger partial charge is 0.337 e. The lowest BCUT2D eigenvalue weighted by molar-refractivity contribution is 0.624. The Morgan fingerprint density at radius 1 is 0.889 bits per heavy atom. The third kappa shape index (κ3) is 4.40. The topological polar surface area (TPSA) is 61.8 Å². The first kappa shape index (κ1) is 23.5. The summed E-state index contributed by atoms with van der Waals surface area (Å²) in [4.78, 5) is 31.9. The Balaban J connectivity index is 1.73. The highest BCUT2D eigenvalue weighted by Gasteiger charge is 2.20. The molecular weight excluding hydrogens is 455 g/mol. The first-order valence-corrected chi connectivity index (χ1v) is 11.9. The Hall–Kier alpha value is -4.26. The van der Waals surface area contributed by atoms with Crippen LogP contribution in [-0.4, -0.2) is 18.7 Å². The van der Waals surface area contributed by atoms with Crippen LogP contribution < -0.4 is 11.2 Å². The van der Waals surface area contributed by atoms with E-state index in [4.69, 9.17) is 0 Å². The maximum atomic E-state index is 13.7. The van der Waals surface area contributed by atoms with E-state index in [9.17, 15) is 14.0 Å². The van der Waals surface area contributed by atoms with Crippen LogP contribution in [0.15, 0.2) is 88.7 Å². The lowest BCUT2D eigenvalue weighted by atomic mass is 10.0. The van der Waals surface area contributed by atoms with Gasteiger partial charge < -0.3 is 4.57 Å². The molecule has 182 valence electrons. The molecular formula is C29H27FN4O2. The van der Waals surface area contributed by atoms with Gasteiger partial charge in [-0.2, -0.15) is 0 Å². The van der Waals surface area contributed by atoms with Crippen molar-refractivity contribution in [2.45, 2.75) is 39.8 Å². The van der Waals surface area contributed by atoms with Gasteiger partial charge in [0.25, 0.3) is 5.56 Å². The van der Waals surface area contributed by atoms with Crippen LogP contribution in [-0.2, 0) is 13.1 Å². The van der Waals surface area contributed by atoms with Crippen LogP contribution in [0.2, 0.25) is 0 Å². The molecule has 0 aliphatic heterocycles. The zero-order valence-electron chi connectivity index (χ0n) is 20.5. The number of rotatable bonds is 6. The zero-order valence-corrected chi connectivity index (χ0v) is 20.5. The van der Waals surface area contributed by atoms with Crippen molar-refractivity contribution in [2.75, 3.05) is 0 Å². The van der Waals surface area contributed by atoms with Crippen molar-refractivity contribution in [3.8, 4) is 5.69 Å². The fourth-order valence-electron chi connectivity index (χ4n) is 4.46. The number of aryl methyl sites for hydroxylation is 1. The van der Waals surface area contributed by atoms with Gasteiger partial charge >= 0.3 is 5.69 Å². The van der Waals surface area contributed by atoms with Crippen molar-refractivity contribution in [3.05, 3.63) is 128 Å². The summed E-state index contributed by atoms with van der Waals surface area (Å²) in [5.74, 6) is -0.0304. The number of nitrogens with zero attached hydrogens (tertiary/aromatic N) is 4. The van der Waals surface area contributed by atoms with Crippen molar-refractivity contribution in [2.24, 2.45) is 0 Å². The molecule has 7 heteroatoms. The minimum Gasteiger partial charge on any atom is -0.320 e. The summed E-state index contributed by atoms with van der Waals surface area (Å²) in [5.41, 5.74) is 4.30. The second-order valence-electron chi connectivity index (χ2n) is 9.42. The van der Waals surface area contributed by atoms with Gasteiger partial charge in [-0.1, -0.05) is 67.9 Å². The summed E-state index contributed by atoms with van der Waals surface area (Å²) in [5, 5.41) is 0. The number of benzene rings is 3. The molecule has 0 spiro atoms. The van der Waals surface area contributed by atoms with Crippen LogP contribution in [0.1, 0.15) is 42.0 Å². The molecule has 0 aliphatic carbocycles. The molecule has 2 aromatic heterocycles. The molecule has 6 nitrogen and oxygen atoms in total. The SMILES string of the molecule is Cc1cccc(Cn2cnc3c2c(=O)n(Cc2ccc(F)cc2)c(=O)n3-c2ccc(C(C)C)cc2)c1. The normalized spacial score (nSPS) is 11.5. The van der Waals surface area contributed by atoms with Gasteiger partial charge in [0, 0.05) is 6.54 Å². The molecule has 0 radical (unpaired) electrons. The molecule has 3 aromatic carbocycles. The minimum atomic E-state index is -0.491. The van der Waals surface area contributed by atoms with Crippen LogP contribution in [0.3, 0.4) is 0 Å². The molecule has 5 aromatic rings. The molecule has 2 heterocycles. The standard InChI is InChI=1S/C29H27FN4O2/c1-19(2)23-9-13-25(14-10-23)34-27-26(32(18-31-27)16-22-6-4-5-20(3)15-22)28(35)33(29(34)36)17-21-7-11-24(30)12-8-21/h4-15,18-19H,16-17H2,1-3H3. The number of hydrogen-bond donors (Lipinski definition) is 0. The summed E-state index contributed by atoms with van der Waals surface area (Å²) >= 11 is 0. The lowest BCUT2D eigenvalue weighted by Crippen LogP contribution is -2.40. The number of imidazole rings is 1. The Morgan fingerprint density at radius 3 is 2.28 bits per heavy atom. The van der Waals surface area contributed by atoms with E-state index in [1.165, 1.54) is 21.3 Å². The van der Waals surface area contributed by atoms with E-state index in [1.54, 1.807) is 23.0 Å². The average Bonchev–Trinajstić information content (AvgIpc) is 3.26. The number of fused-ring (bicyclic) bond motifs is 1. The number of hydrogen-bond acceptors (Lipinski definition) is 3. The molecule has 0 N–H and O–H groups in total. The fraction of sp³-hybridized carbons (Fsp3) is 0.207. The van der Waals surface area contributed by atoms with Crippen LogP contribution in [0.4, 0.5) is 4.39 Å². The van der Waals surface area contributed by atoms with Gasteiger partial charge in [0.15, 0.2) is 11.2 Å². The quantitative estimate of drug-likeness (QED) is 0.342. The second kappa shape index (κ2) is 9.41. The van der Waals surface area contributed by atoms with E-state index in [-0.39, 0.29) is 12.4 Å². The molecule has 5 rings (SSSR count).